The number of nitrogens with zero attached hydrogens (tertiary/aromatic N) is 1. The van der Waals surface area contributed by atoms with Gasteiger partial charge in [-0.05, 0) is 31.2 Å². The number of ether oxygens (including phenoxy) is 1. The fraction of sp³-hybridized carbons (Fsp3) is 0.111. The number of rotatable bonds is 4. The number of pyridine rings is 1. The molecule has 0 bridgehead atoms. The first-order chi connectivity index (χ1) is 11.1. The molecular formula is C18H15FN2O2. The third-order valence-corrected chi connectivity index (χ3v) is 3.33. The summed E-state index contributed by atoms with van der Waals surface area (Å²) in [6, 6.07) is 15.4. The Morgan fingerprint density at radius 1 is 1.13 bits per heavy atom. The largest absolute Gasteiger partial charge is 0.481 e. The molecule has 23 heavy (non-hydrogen) atoms. The summed E-state index contributed by atoms with van der Waals surface area (Å²) in [6.07, 6.45) is 0. The van der Waals surface area contributed by atoms with Crippen LogP contribution in [0.1, 0.15) is 5.69 Å². The van der Waals surface area contributed by atoms with Gasteiger partial charge in [-0.25, -0.2) is 4.39 Å². The second-order valence-corrected chi connectivity index (χ2v) is 5.10. The maximum Gasteiger partial charge on any atom is 0.262 e. The van der Waals surface area contributed by atoms with Crippen LogP contribution in [0.5, 0.6) is 5.75 Å². The topological polar surface area (TPSA) is 51.2 Å². The number of hydrogen-bond donors (Lipinski definition) is 1. The molecule has 0 spiro atoms. The molecule has 0 saturated carbocycles. The fourth-order valence-electron chi connectivity index (χ4n) is 2.24. The first kappa shape index (κ1) is 15.0. The molecule has 5 heteroatoms. The molecule has 0 fully saturated rings. The van der Waals surface area contributed by atoms with E-state index in [-0.39, 0.29) is 18.3 Å². The summed E-state index contributed by atoms with van der Waals surface area (Å²) in [5.41, 5.74) is 2.18. The van der Waals surface area contributed by atoms with Gasteiger partial charge in [0.15, 0.2) is 18.2 Å². The van der Waals surface area contributed by atoms with E-state index in [1.54, 1.807) is 18.2 Å². The van der Waals surface area contributed by atoms with Gasteiger partial charge < -0.3 is 10.1 Å². The van der Waals surface area contributed by atoms with Gasteiger partial charge in [0.1, 0.15) is 0 Å². The van der Waals surface area contributed by atoms with Crippen molar-refractivity contribution in [3.63, 3.8) is 0 Å². The number of carbonyl (C=O) groups excluding carboxylic acids is 1. The molecule has 0 atom stereocenters. The summed E-state index contributed by atoms with van der Waals surface area (Å²) in [5.74, 6) is -0.818. The molecule has 0 aliphatic rings. The molecular weight excluding hydrogens is 295 g/mol. The van der Waals surface area contributed by atoms with Crippen molar-refractivity contribution in [2.45, 2.75) is 6.92 Å². The van der Waals surface area contributed by atoms with Crippen molar-refractivity contribution in [2.75, 3.05) is 11.9 Å². The number of nitrogens with one attached hydrogen (secondary N) is 1. The highest BCUT2D eigenvalue weighted by Crippen LogP contribution is 2.22. The normalized spacial score (nSPS) is 10.5. The standard InChI is InChI=1S/C18H15FN2O2/c1-12-9-10-13-5-4-7-15(18(13)20-12)21-17(22)11-23-16-8-3-2-6-14(16)19/h2-10H,11H2,1H3,(H,21,22). The number of para-hydroxylation sites is 2. The minimum atomic E-state index is -0.497. The van der Waals surface area contributed by atoms with Crippen LogP contribution in [0.25, 0.3) is 10.9 Å². The molecule has 3 aromatic rings. The molecule has 0 aliphatic carbocycles. The summed E-state index contributed by atoms with van der Waals surface area (Å²) < 4.78 is 18.7. The molecule has 1 heterocycles. The fourth-order valence-corrected chi connectivity index (χ4v) is 2.24. The van der Waals surface area contributed by atoms with E-state index in [2.05, 4.69) is 10.3 Å². The Morgan fingerprint density at radius 2 is 1.96 bits per heavy atom. The molecule has 0 aliphatic heterocycles. The lowest BCUT2D eigenvalue weighted by atomic mass is 10.1. The Hall–Kier alpha value is -2.95. The van der Waals surface area contributed by atoms with Crippen molar-refractivity contribution in [2.24, 2.45) is 0 Å². The van der Waals surface area contributed by atoms with Crippen LogP contribution < -0.4 is 10.1 Å². The maximum atomic E-state index is 13.5. The predicted octanol–water partition coefficient (Wildman–Crippen LogP) is 3.70. The average molecular weight is 310 g/mol. The molecule has 0 unspecified atom stereocenters. The number of aromatic nitrogens is 1. The zero-order valence-electron chi connectivity index (χ0n) is 12.5. The van der Waals surface area contributed by atoms with Gasteiger partial charge in [0, 0.05) is 11.1 Å². The van der Waals surface area contributed by atoms with E-state index in [0.29, 0.717) is 11.2 Å². The van der Waals surface area contributed by atoms with Gasteiger partial charge in [-0.15, -0.1) is 0 Å². The smallest absolute Gasteiger partial charge is 0.262 e. The average Bonchev–Trinajstić information content (AvgIpc) is 2.55. The van der Waals surface area contributed by atoms with Gasteiger partial charge >= 0.3 is 0 Å². The highest BCUT2D eigenvalue weighted by atomic mass is 19.1. The third kappa shape index (κ3) is 3.45. The van der Waals surface area contributed by atoms with Gasteiger partial charge in [0.05, 0.1) is 11.2 Å². The molecule has 1 aromatic heterocycles. The highest BCUT2D eigenvalue weighted by Gasteiger charge is 2.09. The quantitative estimate of drug-likeness (QED) is 0.799. The Labute approximate surface area is 132 Å². The van der Waals surface area contributed by atoms with Crippen LogP contribution in [0.15, 0.2) is 54.6 Å². The second-order valence-electron chi connectivity index (χ2n) is 5.10. The van der Waals surface area contributed by atoms with E-state index < -0.39 is 5.82 Å². The van der Waals surface area contributed by atoms with E-state index >= 15 is 0 Å². The highest BCUT2D eigenvalue weighted by molar-refractivity contribution is 6.00. The van der Waals surface area contributed by atoms with E-state index in [1.807, 2.05) is 31.2 Å². The van der Waals surface area contributed by atoms with Crippen LogP contribution in [0, 0.1) is 12.7 Å². The summed E-state index contributed by atoms with van der Waals surface area (Å²) >= 11 is 0. The zero-order valence-corrected chi connectivity index (χ0v) is 12.5. The van der Waals surface area contributed by atoms with Crippen LogP contribution in [0.3, 0.4) is 0 Å². The van der Waals surface area contributed by atoms with Crippen LogP contribution in [-0.2, 0) is 4.79 Å². The van der Waals surface area contributed by atoms with E-state index in [9.17, 15) is 9.18 Å². The Kier molecular flexibility index (Phi) is 4.19. The number of fused-ring (bicyclic) bond motifs is 1. The van der Waals surface area contributed by atoms with Gasteiger partial charge in [-0.2, -0.15) is 0 Å². The molecule has 2 aromatic carbocycles. The van der Waals surface area contributed by atoms with Gasteiger partial charge in [-0.1, -0.05) is 30.3 Å². The second kappa shape index (κ2) is 6.44. The maximum absolute atomic E-state index is 13.5. The number of carbonyl (C=O) groups is 1. The summed E-state index contributed by atoms with van der Waals surface area (Å²) in [6.45, 7) is 1.61. The molecule has 3 rings (SSSR count). The molecule has 0 radical (unpaired) electrons. The molecule has 116 valence electrons. The lowest BCUT2D eigenvalue weighted by Gasteiger charge is -2.10. The van der Waals surface area contributed by atoms with E-state index in [0.717, 1.165) is 11.1 Å². The summed E-state index contributed by atoms with van der Waals surface area (Å²) in [4.78, 5) is 16.5. The molecule has 1 amide bonds. The van der Waals surface area contributed by atoms with Crippen molar-refractivity contribution in [3.8, 4) is 5.75 Å². The number of halogens is 1. The third-order valence-electron chi connectivity index (χ3n) is 3.33. The van der Waals surface area contributed by atoms with Gasteiger partial charge in [0.2, 0.25) is 0 Å². The van der Waals surface area contributed by atoms with E-state index in [4.69, 9.17) is 4.74 Å². The molecule has 4 nitrogen and oxygen atoms in total. The molecule has 1 N–H and O–H groups in total. The minimum absolute atomic E-state index is 0.0505. The van der Waals surface area contributed by atoms with Crippen LogP contribution >= 0.6 is 0 Å². The van der Waals surface area contributed by atoms with Crippen LogP contribution in [0.4, 0.5) is 10.1 Å². The van der Waals surface area contributed by atoms with Crippen molar-refractivity contribution < 1.29 is 13.9 Å². The lowest BCUT2D eigenvalue weighted by molar-refractivity contribution is -0.118. The Balaban J connectivity index is 1.73. The van der Waals surface area contributed by atoms with Gasteiger partial charge in [0.25, 0.3) is 5.91 Å². The summed E-state index contributed by atoms with van der Waals surface area (Å²) in [5, 5.41) is 3.69. The number of benzene rings is 2. The SMILES string of the molecule is Cc1ccc2cccc(NC(=O)COc3ccccc3F)c2n1. The number of aryl methyl sites for hydroxylation is 1. The minimum Gasteiger partial charge on any atom is -0.481 e. The first-order valence-corrected chi connectivity index (χ1v) is 7.17. The van der Waals surface area contributed by atoms with E-state index in [1.165, 1.54) is 12.1 Å². The van der Waals surface area contributed by atoms with Crippen LogP contribution in [0.2, 0.25) is 0 Å². The number of hydrogen-bond acceptors (Lipinski definition) is 3. The summed E-state index contributed by atoms with van der Waals surface area (Å²) in [7, 11) is 0. The Morgan fingerprint density at radius 3 is 2.78 bits per heavy atom. The lowest BCUT2D eigenvalue weighted by Crippen LogP contribution is -2.20. The predicted molar refractivity (Wildman–Crippen MR) is 87.0 cm³/mol. The van der Waals surface area contributed by atoms with Gasteiger partial charge in [-0.3, -0.25) is 9.78 Å². The Bertz CT molecular complexity index is 865. The molecule has 0 saturated heterocycles. The van der Waals surface area contributed by atoms with Crippen molar-refractivity contribution in [1.29, 1.82) is 0 Å². The van der Waals surface area contributed by atoms with Crippen LogP contribution in [-0.4, -0.2) is 17.5 Å². The number of amides is 1. The van der Waals surface area contributed by atoms with Crippen molar-refractivity contribution in [3.05, 3.63) is 66.1 Å². The van der Waals surface area contributed by atoms with Crippen molar-refractivity contribution in [1.82, 2.24) is 4.98 Å². The monoisotopic (exact) mass is 310 g/mol. The van der Waals surface area contributed by atoms with Crippen molar-refractivity contribution >= 4 is 22.5 Å². The number of anilines is 1. The first-order valence-electron chi connectivity index (χ1n) is 7.17. The zero-order chi connectivity index (χ0) is 16.2.